The monoisotopic (exact) mass is 260 g/mol. The van der Waals surface area contributed by atoms with Crippen molar-refractivity contribution >= 4 is 23.2 Å². The maximum atomic E-state index is 12.8. The highest BCUT2D eigenvalue weighted by atomic mass is 19.4. The lowest BCUT2D eigenvalue weighted by Gasteiger charge is -2.14. The predicted octanol–water partition coefficient (Wildman–Crippen LogP) is 2.62. The van der Waals surface area contributed by atoms with E-state index in [2.05, 4.69) is 10.6 Å². The van der Waals surface area contributed by atoms with Gasteiger partial charge in [-0.3, -0.25) is 9.59 Å². The molecule has 1 rings (SSSR count). The van der Waals surface area contributed by atoms with E-state index in [0.717, 1.165) is 19.1 Å². The van der Waals surface area contributed by atoms with Crippen LogP contribution in [0.2, 0.25) is 0 Å². The highest BCUT2D eigenvalue weighted by Crippen LogP contribution is 2.36. The van der Waals surface area contributed by atoms with E-state index in [0.29, 0.717) is 0 Å². The van der Waals surface area contributed by atoms with Gasteiger partial charge in [-0.15, -0.1) is 0 Å². The normalized spacial score (nSPS) is 10.9. The van der Waals surface area contributed by atoms with Gasteiger partial charge < -0.3 is 10.6 Å². The number of rotatable bonds is 2. The third kappa shape index (κ3) is 3.76. The molecule has 7 heteroatoms. The molecule has 0 aromatic heterocycles. The minimum absolute atomic E-state index is 0.0175. The molecule has 0 aliphatic heterocycles. The van der Waals surface area contributed by atoms with Crippen LogP contribution in [0.25, 0.3) is 0 Å². The number of hydrogen-bond acceptors (Lipinski definition) is 2. The van der Waals surface area contributed by atoms with Crippen LogP contribution in [0.3, 0.4) is 0 Å². The zero-order valence-corrected chi connectivity index (χ0v) is 9.68. The maximum Gasteiger partial charge on any atom is 0.418 e. The molecule has 98 valence electrons. The van der Waals surface area contributed by atoms with Crippen LogP contribution < -0.4 is 10.6 Å². The Hall–Kier alpha value is -2.05. The number of nitrogens with one attached hydrogen (secondary N) is 2. The summed E-state index contributed by atoms with van der Waals surface area (Å²) in [6, 6.07) is 3.14. The number of hydrogen-bond donors (Lipinski definition) is 2. The minimum Gasteiger partial charge on any atom is -0.326 e. The van der Waals surface area contributed by atoms with E-state index < -0.39 is 23.6 Å². The van der Waals surface area contributed by atoms with E-state index in [1.54, 1.807) is 0 Å². The van der Waals surface area contributed by atoms with Gasteiger partial charge in [-0.05, 0) is 18.2 Å². The molecule has 0 saturated carbocycles. The average molecular weight is 260 g/mol. The molecule has 0 heterocycles. The van der Waals surface area contributed by atoms with Crippen molar-refractivity contribution in [3.8, 4) is 0 Å². The molecule has 0 aliphatic rings. The largest absolute Gasteiger partial charge is 0.418 e. The number of carbonyl (C=O) groups excluding carboxylic acids is 2. The van der Waals surface area contributed by atoms with E-state index in [1.165, 1.54) is 13.0 Å². The molecule has 4 nitrogen and oxygen atoms in total. The number of anilines is 2. The second-order valence-corrected chi connectivity index (χ2v) is 3.62. The first-order valence-corrected chi connectivity index (χ1v) is 4.96. The summed E-state index contributed by atoms with van der Waals surface area (Å²) in [6.45, 7) is 2.30. The Labute approximate surface area is 101 Å². The Morgan fingerprint density at radius 2 is 1.61 bits per heavy atom. The third-order valence-electron chi connectivity index (χ3n) is 1.96. The van der Waals surface area contributed by atoms with Crippen molar-refractivity contribution in [3.63, 3.8) is 0 Å². The van der Waals surface area contributed by atoms with Crippen molar-refractivity contribution in [1.29, 1.82) is 0 Å². The molecule has 2 amide bonds. The van der Waals surface area contributed by atoms with E-state index in [1.807, 2.05) is 0 Å². The van der Waals surface area contributed by atoms with Crippen molar-refractivity contribution in [2.75, 3.05) is 10.6 Å². The fourth-order valence-corrected chi connectivity index (χ4v) is 1.36. The lowest BCUT2D eigenvalue weighted by atomic mass is 10.1. The fourth-order valence-electron chi connectivity index (χ4n) is 1.36. The molecule has 18 heavy (non-hydrogen) atoms. The molecule has 0 aliphatic carbocycles. The van der Waals surface area contributed by atoms with Gasteiger partial charge >= 0.3 is 6.18 Å². The van der Waals surface area contributed by atoms with Crippen LogP contribution in [-0.2, 0) is 15.8 Å². The van der Waals surface area contributed by atoms with E-state index in [4.69, 9.17) is 0 Å². The molecule has 0 saturated heterocycles. The Morgan fingerprint density at radius 3 is 2.06 bits per heavy atom. The van der Waals surface area contributed by atoms with Crippen LogP contribution in [0.1, 0.15) is 19.4 Å². The van der Waals surface area contributed by atoms with Crippen molar-refractivity contribution in [1.82, 2.24) is 0 Å². The molecule has 1 aromatic rings. The first-order valence-electron chi connectivity index (χ1n) is 4.96. The quantitative estimate of drug-likeness (QED) is 0.858. The first-order chi connectivity index (χ1) is 8.20. The van der Waals surface area contributed by atoms with Gasteiger partial charge in [0.05, 0.1) is 11.3 Å². The summed E-state index contributed by atoms with van der Waals surface area (Å²) < 4.78 is 38.3. The van der Waals surface area contributed by atoms with Crippen molar-refractivity contribution in [3.05, 3.63) is 23.8 Å². The zero-order valence-electron chi connectivity index (χ0n) is 9.68. The number of alkyl halides is 3. The number of amides is 2. The molecular formula is C11H11F3N2O2. The smallest absolute Gasteiger partial charge is 0.326 e. The zero-order chi connectivity index (χ0) is 13.9. The molecule has 0 radical (unpaired) electrons. The van der Waals surface area contributed by atoms with Gasteiger partial charge in [0, 0.05) is 19.5 Å². The van der Waals surface area contributed by atoms with Gasteiger partial charge in [0.2, 0.25) is 11.8 Å². The number of benzene rings is 1. The lowest BCUT2D eigenvalue weighted by Crippen LogP contribution is -2.15. The maximum absolute atomic E-state index is 12.8. The van der Waals surface area contributed by atoms with Crippen LogP contribution in [0.4, 0.5) is 24.5 Å². The summed E-state index contributed by atoms with van der Waals surface area (Å²) in [6.07, 6.45) is -4.62. The highest BCUT2D eigenvalue weighted by Gasteiger charge is 2.34. The number of halogens is 3. The predicted molar refractivity (Wildman–Crippen MR) is 60.1 cm³/mol. The summed E-state index contributed by atoms with van der Waals surface area (Å²) in [5.74, 6) is -1.08. The summed E-state index contributed by atoms with van der Waals surface area (Å²) in [7, 11) is 0. The second kappa shape index (κ2) is 5.07. The highest BCUT2D eigenvalue weighted by molar-refractivity contribution is 5.92. The first kappa shape index (κ1) is 14.0. The van der Waals surface area contributed by atoms with Crippen LogP contribution in [-0.4, -0.2) is 11.8 Å². The molecule has 0 atom stereocenters. The van der Waals surface area contributed by atoms with Crippen LogP contribution in [0.15, 0.2) is 18.2 Å². The standard InChI is InChI=1S/C11H11F3N2O2/c1-6(17)15-8-3-4-10(16-7(2)18)9(5-8)11(12,13)14/h3-5H,1-2H3,(H,15,17)(H,16,18). The molecule has 0 bridgehead atoms. The van der Waals surface area contributed by atoms with Gasteiger partial charge in [-0.1, -0.05) is 0 Å². The molecule has 0 unspecified atom stereocenters. The topological polar surface area (TPSA) is 58.2 Å². The van der Waals surface area contributed by atoms with Crippen LogP contribution in [0, 0.1) is 0 Å². The van der Waals surface area contributed by atoms with Gasteiger partial charge in [0.1, 0.15) is 0 Å². The number of carbonyl (C=O) groups is 2. The van der Waals surface area contributed by atoms with Crippen molar-refractivity contribution in [2.45, 2.75) is 20.0 Å². The molecule has 1 aromatic carbocycles. The van der Waals surface area contributed by atoms with Crippen molar-refractivity contribution < 1.29 is 22.8 Å². The summed E-state index contributed by atoms with van der Waals surface area (Å²) in [4.78, 5) is 21.6. The summed E-state index contributed by atoms with van der Waals surface area (Å²) in [5.41, 5.74) is -1.34. The van der Waals surface area contributed by atoms with Gasteiger partial charge in [-0.25, -0.2) is 0 Å². The molecular weight excluding hydrogens is 249 g/mol. The Kier molecular flexibility index (Phi) is 3.95. The SMILES string of the molecule is CC(=O)Nc1ccc(NC(C)=O)c(C(F)(F)F)c1. The van der Waals surface area contributed by atoms with Gasteiger partial charge in [0.25, 0.3) is 0 Å². The van der Waals surface area contributed by atoms with Crippen LogP contribution >= 0.6 is 0 Å². The Bertz CT molecular complexity index is 484. The summed E-state index contributed by atoms with van der Waals surface area (Å²) >= 11 is 0. The molecule has 2 N–H and O–H groups in total. The van der Waals surface area contributed by atoms with Gasteiger partial charge in [0.15, 0.2) is 0 Å². The summed E-state index contributed by atoms with van der Waals surface area (Å²) in [5, 5.41) is 4.34. The second-order valence-electron chi connectivity index (χ2n) is 3.62. The van der Waals surface area contributed by atoms with E-state index >= 15 is 0 Å². The Morgan fingerprint density at radius 1 is 1.06 bits per heavy atom. The van der Waals surface area contributed by atoms with E-state index in [9.17, 15) is 22.8 Å². The van der Waals surface area contributed by atoms with Crippen molar-refractivity contribution in [2.24, 2.45) is 0 Å². The molecule has 0 spiro atoms. The lowest BCUT2D eigenvalue weighted by molar-refractivity contribution is -0.137. The molecule has 0 fully saturated rings. The third-order valence-corrected chi connectivity index (χ3v) is 1.96. The average Bonchev–Trinajstić information content (AvgIpc) is 2.17. The van der Waals surface area contributed by atoms with Gasteiger partial charge in [-0.2, -0.15) is 13.2 Å². The minimum atomic E-state index is -4.62. The van der Waals surface area contributed by atoms with Crippen LogP contribution in [0.5, 0.6) is 0 Å². The fraction of sp³-hybridized carbons (Fsp3) is 0.273. The Balaban J connectivity index is 3.20. The van der Waals surface area contributed by atoms with E-state index in [-0.39, 0.29) is 11.4 Å².